The Labute approximate surface area is 176 Å². The lowest BCUT2D eigenvalue weighted by atomic mass is 10.1. The van der Waals surface area contributed by atoms with Crippen LogP contribution in [0.4, 0.5) is 11.4 Å². The monoisotopic (exact) mass is 431 g/mol. The van der Waals surface area contributed by atoms with Gasteiger partial charge >= 0.3 is 0 Å². The zero-order chi connectivity index (χ0) is 21.6. The minimum Gasteiger partial charge on any atom is -0.352 e. The van der Waals surface area contributed by atoms with Crippen molar-refractivity contribution in [1.29, 1.82) is 0 Å². The van der Waals surface area contributed by atoms with Gasteiger partial charge in [0.2, 0.25) is 5.91 Å². The Balaban J connectivity index is 1.90. The van der Waals surface area contributed by atoms with Crippen molar-refractivity contribution in [3.8, 4) is 0 Å². The summed E-state index contributed by atoms with van der Waals surface area (Å²) in [5, 5.41) is 14.1. The van der Waals surface area contributed by atoms with E-state index >= 15 is 0 Å². The Morgan fingerprint density at radius 3 is 2.33 bits per heavy atom. The number of benzene rings is 2. The van der Waals surface area contributed by atoms with Gasteiger partial charge in [0.1, 0.15) is 6.54 Å². The minimum atomic E-state index is -4.09. The molecule has 0 heterocycles. The molecule has 1 aliphatic carbocycles. The van der Waals surface area contributed by atoms with Crippen LogP contribution in [0.2, 0.25) is 0 Å². The Hall–Kier alpha value is -2.94. The van der Waals surface area contributed by atoms with Crippen LogP contribution in [0.1, 0.15) is 38.5 Å². The Bertz CT molecular complexity index is 987. The largest absolute Gasteiger partial charge is 0.352 e. The molecule has 1 fully saturated rings. The van der Waals surface area contributed by atoms with Crippen LogP contribution in [0.25, 0.3) is 0 Å². The molecule has 3 rings (SSSR count). The third-order valence-electron chi connectivity index (χ3n) is 5.17. The van der Waals surface area contributed by atoms with Crippen LogP contribution in [0.3, 0.4) is 0 Å². The molecular weight excluding hydrogens is 406 g/mol. The van der Waals surface area contributed by atoms with Crippen LogP contribution >= 0.6 is 0 Å². The first-order valence-corrected chi connectivity index (χ1v) is 11.4. The molecule has 1 saturated carbocycles. The first-order chi connectivity index (χ1) is 14.4. The van der Waals surface area contributed by atoms with Gasteiger partial charge in [0.15, 0.2) is 0 Å². The number of amides is 1. The number of anilines is 1. The Morgan fingerprint density at radius 1 is 1.03 bits per heavy atom. The van der Waals surface area contributed by atoms with Crippen molar-refractivity contribution in [3.05, 3.63) is 64.7 Å². The number of hydrogen-bond acceptors (Lipinski definition) is 5. The number of carbonyl (C=O) groups is 1. The van der Waals surface area contributed by atoms with Crippen LogP contribution in [-0.2, 0) is 14.8 Å². The standard InChI is InChI=1S/C21H25N3O5S/c25-21(22-17-9-4-1-2-5-10-17)16-23(18-11-8-12-19(15-18)24(26)27)30(28,29)20-13-6-3-7-14-20/h3,6-8,11-15,17H,1-2,4-5,9-10,16H2,(H,22,25). The van der Waals surface area contributed by atoms with Gasteiger partial charge in [-0.05, 0) is 31.0 Å². The molecule has 160 valence electrons. The summed E-state index contributed by atoms with van der Waals surface area (Å²) < 4.78 is 27.5. The van der Waals surface area contributed by atoms with Gasteiger partial charge in [-0.25, -0.2) is 8.42 Å². The molecule has 2 aromatic carbocycles. The van der Waals surface area contributed by atoms with E-state index in [0.717, 1.165) is 42.8 Å². The summed E-state index contributed by atoms with van der Waals surface area (Å²) in [5.41, 5.74) is -0.172. The molecule has 0 bridgehead atoms. The number of non-ortho nitro benzene ring substituents is 1. The molecule has 1 N–H and O–H groups in total. The van der Waals surface area contributed by atoms with Crippen molar-refractivity contribution in [2.45, 2.75) is 49.5 Å². The number of rotatable bonds is 7. The number of nitro groups is 1. The number of nitro benzene ring substituents is 1. The van der Waals surface area contributed by atoms with E-state index in [4.69, 9.17) is 0 Å². The van der Waals surface area contributed by atoms with Gasteiger partial charge in [-0.1, -0.05) is 49.9 Å². The fraction of sp³-hybridized carbons (Fsp3) is 0.381. The second-order valence-corrected chi connectivity index (χ2v) is 9.22. The molecule has 0 radical (unpaired) electrons. The first-order valence-electron chi connectivity index (χ1n) is 9.99. The number of nitrogens with one attached hydrogen (secondary N) is 1. The highest BCUT2D eigenvalue weighted by molar-refractivity contribution is 7.92. The summed E-state index contributed by atoms with van der Waals surface area (Å²) in [6.07, 6.45) is 6.06. The quantitative estimate of drug-likeness (QED) is 0.409. The summed E-state index contributed by atoms with van der Waals surface area (Å²) in [7, 11) is -4.09. The second kappa shape index (κ2) is 9.71. The van der Waals surface area contributed by atoms with Gasteiger partial charge in [0, 0.05) is 18.2 Å². The van der Waals surface area contributed by atoms with E-state index in [0.29, 0.717) is 0 Å². The number of hydrogen-bond donors (Lipinski definition) is 1. The smallest absolute Gasteiger partial charge is 0.271 e. The van der Waals surface area contributed by atoms with E-state index in [9.17, 15) is 23.3 Å². The number of sulfonamides is 1. The zero-order valence-corrected chi connectivity index (χ0v) is 17.4. The van der Waals surface area contributed by atoms with E-state index in [1.54, 1.807) is 18.2 Å². The highest BCUT2D eigenvalue weighted by Gasteiger charge is 2.29. The Morgan fingerprint density at radius 2 is 1.70 bits per heavy atom. The van der Waals surface area contributed by atoms with Gasteiger partial charge in [0.05, 0.1) is 15.5 Å². The van der Waals surface area contributed by atoms with Crippen molar-refractivity contribution in [2.24, 2.45) is 0 Å². The maximum Gasteiger partial charge on any atom is 0.271 e. The molecule has 1 amide bonds. The molecule has 0 aromatic heterocycles. The molecular formula is C21H25N3O5S. The van der Waals surface area contributed by atoms with Crippen LogP contribution < -0.4 is 9.62 Å². The maximum atomic E-state index is 13.3. The SMILES string of the molecule is O=C(CN(c1cccc([N+](=O)[O-])c1)S(=O)(=O)c1ccccc1)NC1CCCCCC1. The van der Waals surface area contributed by atoms with E-state index in [2.05, 4.69) is 5.32 Å². The molecule has 2 aromatic rings. The molecule has 0 atom stereocenters. The lowest BCUT2D eigenvalue weighted by Crippen LogP contribution is -2.44. The molecule has 8 nitrogen and oxygen atoms in total. The summed E-state index contributed by atoms with van der Waals surface area (Å²) >= 11 is 0. The van der Waals surface area contributed by atoms with Crippen molar-refractivity contribution >= 4 is 27.3 Å². The summed E-state index contributed by atoms with van der Waals surface area (Å²) in [6.45, 7) is -0.450. The molecule has 0 spiro atoms. The van der Waals surface area contributed by atoms with Gasteiger partial charge < -0.3 is 5.32 Å². The third-order valence-corrected chi connectivity index (χ3v) is 6.96. The van der Waals surface area contributed by atoms with E-state index in [1.807, 2.05) is 0 Å². The zero-order valence-electron chi connectivity index (χ0n) is 16.6. The van der Waals surface area contributed by atoms with Crippen molar-refractivity contribution in [2.75, 3.05) is 10.8 Å². The molecule has 9 heteroatoms. The topological polar surface area (TPSA) is 110 Å². The molecule has 0 aliphatic heterocycles. The predicted octanol–water partition coefficient (Wildman–Crippen LogP) is 3.63. The molecule has 30 heavy (non-hydrogen) atoms. The highest BCUT2D eigenvalue weighted by atomic mass is 32.2. The fourth-order valence-corrected chi connectivity index (χ4v) is 5.06. The Kier molecular flexibility index (Phi) is 7.04. The lowest BCUT2D eigenvalue weighted by Gasteiger charge is -2.25. The third kappa shape index (κ3) is 5.35. The second-order valence-electron chi connectivity index (χ2n) is 7.36. The van der Waals surface area contributed by atoms with Gasteiger partial charge in [-0.2, -0.15) is 0 Å². The van der Waals surface area contributed by atoms with E-state index in [1.165, 1.54) is 36.4 Å². The maximum absolute atomic E-state index is 13.3. The average Bonchev–Trinajstić information content (AvgIpc) is 3.01. The predicted molar refractivity (Wildman–Crippen MR) is 114 cm³/mol. The van der Waals surface area contributed by atoms with Gasteiger partial charge in [-0.15, -0.1) is 0 Å². The average molecular weight is 432 g/mol. The highest BCUT2D eigenvalue weighted by Crippen LogP contribution is 2.27. The van der Waals surface area contributed by atoms with Crippen LogP contribution in [0, 0.1) is 10.1 Å². The van der Waals surface area contributed by atoms with Crippen LogP contribution in [-0.4, -0.2) is 31.8 Å². The molecule has 0 saturated heterocycles. The van der Waals surface area contributed by atoms with E-state index in [-0.39, 0.29) is 22.3 Å². The van der Waals surface area contributed by atoms with Gasteiger partial charge in [0.25, 0.3) is 15.7 Å². The van der Waals surface area contributed by atoms with Crippen molar-refractivity contribution < 1.29 is 18.1 Å². The molecule has 1 aliphatic rings. The summed E-state index contributed by atoms with van der Waals surface area (Å²) in [6, 6.07) is 13.1. The van der Waals surface area contributed by atoms with Crippen molar-refractivity contribution in [3.63, 3.8) is 0 Å². The first kappa shape index (κ1) is 21.8. The summed E-state index contributed by atoms with van der Waals surface area (Å²) in [5.74, 6) is -0.423. The minimum absolute atomic E-state index is 0.0128. The fourth-order valence-electron chi connectivity index (χ4n) is 3.62. The molecule has 0 unspecified atom stereocenters. The lowest BCUT2D eigenvalue weighted by molar-refractivity contribution is -0.384. The number of carbonyl (C=O) groups excluding carboxylic acids is 1. The van der Waals surface area contributed by atoms with Crippen LogP contribution in [0.5, 0.6) is 0 Å². The summed E-state index contributed by atoms with van der Waals surface area (Å²) in [4.78, 5) is 23.3. The van der Waals surface area contributed by atoms with Crippen molar-refractivity contribution in [1.82, 2.24) is 5.32 Å². The number of nitrogens with zero attached hydrogens (tertiary/aromatic N) is 2. The van der Waals surface area contributed by atoms with Gasteiger partial charge in [-0.3, -0.25) is 19.2 Å². The van der Waals surface area contributed by atoms with Crippen LogP contribution in [0.15, 0.2) is 59.5 Å². The normalized spacial score (nSPS) is 15.2. The van der Waals surface area contributed by atoms with E-state index < -0.39 is 27.4 Å².